The van der Waals surface area contributed by atoms with Gasteiger partial charge in [-0.05, 0) is 39.3 Å². The number of likely N-dealkylation sites (tertiary alicyclic amines) is 1. The summed E-state index contributed by atoms with van der Waals surface area (Å²) in [7, 11) is 2.28. The molecule has 2 saturated heterocycles. The average Bonchev–Trinajstić information content (AvgIpc) is 3.26. The molecule has 2 fully saturated rings. The molecule has 3 aliphatic carbocycles. The molecule has 5 aliphatic rings. The summed E-state index contributed by atoms with van der Waals surface area (Å²) in [6.45, 7) is 4.18. The molecule has 2 aliphatic heterocycles. The summed E-state index contributed by atoms with van der Waals surface area (Å²) < 4.78 is 13.1. The van der Waals surface area contributed by atoms with Gasteiger partial charge in [-0.2, -0.15) is 0 Å². The van der Waals surface area contributed by atoms with Crippen LogP contribution in [0.4, 0.5) is 0 Å². The van der Waals surface area contributed by atoms with Crippen LogP contribution >= 0.6 is 0 Å². The van der Waals surface area contributed by atoms with Gasteiger partial charge in [0.25, 0.3) is 0 Å². The van der Waals surface area contributed by atoms with Crippen LogP contribution in [0.2, 0.25) is 0 Å². The molecule has 4 nitrogen and oxygen atoms in total. The van der Waals surface area contributed by atoms with E-state index >= 15 is 0 Å². The van der Waals surface area contributed by atoms with E-state index in [2.05, 4.69) is 24.9 Å². The maximum atomic E-state index is 10.9. The summed E-state index contributed by atoms with van der Waals surface area (Å²) in [5, 5.41) is 10.9. The van der Waals surface area contributed by atoms with Crippen LogP contribution in [0.5, 0.6) is 0 Å². The van der Waals surface area contributed by atoms with Gasteiger partial charge >= 0.3 is 0 Å². The minimum atomic E-state index is -0.516. The van der Waals surface area contributed by atoms with E-state index in [-0.39, 0.29) is 11.5 Å². The van der Waals surface area contributed by atoms with E-state index in [0.717, 1.165) is 56.8 Å². The van der Waals surface area contributed by atoms with E-state index in [1.165, 1.54) is 89.0 Å². The fourth-order valence-electron chi connectivity index (χ4n) is 8.16. The van der Waals surface area contributed by atoms with Crippen LogP contribution in [-0.4, -0.2) is 48.5 Å². The van der Waals surface area contributed by atoms with Crippen molar-refractivity contribution in [2.45, 2.75) is 141 Å². The predicted molar refractivity (Wildman–Crippen MR) is 151 cm³/mol. The Kier molecular flexibility index (Phi) is 9.40. The Morgan fingerprint density at radius 3 is 2.24 bits per heavy atom. The Hall–Kier alpha value is -1.26. The van der Waals surface area contributed by atoms with Gasteiger partial charge < -0.3 is 19.5 Å². The van der Waals surface area contributed by atoms with Gasteiger partial charge in [0.1, 0.15) is 18.0 Å². The van der Waals surface area contributed by atoms with Crippen LogP contribution in [-0.2, 0) is 9.47 Å². The molecule has 0 aromatic rings. The van der Waals surface area contributed by atoms with Crippen LogP contribution in [0.1, 0.15) is 122 Å². The first-order chi connectivity index (χ1) is 18.2. The standard InChI is InChI=1S/C33H53NO3/c1-3-4-5-6-7-8-9-10-11-12-13-14-15-16-23-36-29-20-17-25-24-27-26-18-19-28(35)32-33(26,21-22-34(27)2)30(25)31(29)37-32/h18-19,26-28,32,35H,3-17,20-24H2,1-2H3/t26-,27+,28-,32-,33-/m0/s1. The lowest BCUT2D eigenvalue weighted by molar-refractivity contribution is -0.0800. The highest BCUT2D eigenvalue weighted by Gasteiger charge is 2.65. The van der Waals surface area contributed by atoms with Gasteiger partial charge in [0.15, 0.2) is 5.76 Å². The number of allylic oxidation sites excluding steroid dienone is 2. The third-order valence-corrected chi connectivity index (χ3v) is 10.2. The molecule has 0 aromatic heterocycles. The lowest BCUT2D eigenvalue weighted by Crippen LogP contribution is -2.61. The molecule has 208 valence electrons. The van der Waals surface area contributed by atoms with Crippen molar-refractivity contribution in [2.75, 3.05) is 20.2 Å². The molecular weight excluding hydrogens is 458 g/mol. The molecular formula is C33H53NO3. The highest BCUT2D eigenvalue weighted by atomic mass is 16.5. The summed E-state index contributed by atoms with van der Waals surface area (Å²) in [4.78, 5) is 2.54. The third kappa shape index (κ3) is 5.57. The van der Waals surface area contributed by atoms with Gasteiger partial charge in [-0.15, -0.1) is 0 Å². The zero-order valence-electron chi connectivity index (χ0n) is 23.8. The molecule has 37 heavy (non-hydrogen) atoms. The van der Waals surface area contributed by atoms with Crippen molar-refractivity contribution in [1.29, 1.82) is 0 Å². The lowest BCUT2D eigenvalue weighted by Gasteiger charge is -2.56. The number of unbranched alkanes of at least 4 members (excludes halogenated alkanes) is 13. The first kappa shape index (κ1) is 27.3. The maximum absolute atomic E-state index is 10.9. The monoisotopic (exact) mass is 511 g/mol. The molecule has 0 saturated carbocycles. The summed E-state index contributed by atoms with van der Waals surface area (Å²) >= 11 is 0. The Morgan fingerprint density at radius 2 is 1.57 bits per heavy atom. The van der Waals surface area contributed by atoms with E-state index in [1.54, 1.807) is 5.57 Å². The normalized spacial score (nSPS) is 32.1. The average molecular weight is 512 g/mol. The second kappa shape index (κ2) is 12.7. The summed E-state index contributed by atoms with van der Waals surface area (Å²) in [5.41, 5.74) is 2.98. The van der Waals surface area contributed by atoms with E-state index in [9.17, 15) is 5.11 Å². The lowest BCUT2D eigenvalue weighted by atomic mass is 9.52. The SMILES string of the molecule is CCCCCCCCCCCCCCCCOC1=C2O[C@H]3[C@@H](O)C=C[C@H]4[C@H]5CC(=C2[C@]43CCN5C)CC1. The molecule has 0 radical (unpaired) electrons. The summed E-state index contributed by atoms with van der Waals surface area (Å²) in [6, 6.07) is 0.541. The molecule has 5 rings (SSSR count). The maximum Gasteiger partial charge on any atom is 0.161 e. The van der Waals surface area contributed by atoms with Crippen molar-refractivity contribution in [2.24, 2.45) is 11.3 Å². The topological polar surface area (TPSA) is 41.9 Å². The van der Waals surface area contributed by atoms with Gasteiger partial charge in [-0.1, -0.05) is 108 Å². The first-order valence-electron chi connectivity index (χ1n) is 16.0. The Morgan fingerprint density at radius 1 is 0.919 bits per heavy atom. The zero-order valence-corrected chi connectivity index (χ0v) is 23.8. The van der Waals surface area contributed by atoms with Crippen LogP contribution in [0.25, 0.3) is 0 Å². The van der Waals surface area contributed by atoms with Gasteiger partial charge in [0, 0.05) is 29.4 Å². The van der Waals surface area contributed by atoms with E-state index in [4.69, 9.17) is 9.47 Å². The molecule has 2 bridgehead atoms. The molecule has 0 unspecified atom stereocenters. The smallest absolute Gasteiger partial charge is 0.161 e. The fourth-order valence-corrected chi connectivity index (χ4v) is 8.16. The zero-order chi connectivity index (χ0) is 25.7. The number of nitrogens with zero attached hydrogens (tertiary/aromatic N) is 1. The highest BCUT2D eigenvalue weighted by molar-refractivity contribution is 5.52. The molecule has 2 heterocycles. The van der Waals surface area contributed by atoms with Gasteiger partial charge in [0.2, 0.25) is 0 Å². The number of hydrogen-bond donors (Lipinski definition) is 1. The number of aliphatic hydroxyl groups excluding tert-OH is 1. The Balaban J connectivity index is 1.03. The summed E-state index contributed by atoms with van der Waals surface area (Å²) in [6.07, 6.45) is 27.2. The van der Waals surface area contributed by atoms with E-state index in [0.29, 0.717) is 12.0 Å². The fraction of sp³-hybridized carbons (Fsp3) is 0.818. The van der Waals surface area contributed by atoms with Gasteiger partial charge in [-0.3, -0.25) is 0 Å². The first-order valence-corrected chi connectivity index (χ1v) is 16.0. The van der Waals surface area contributed by atoms with Crippen LogP contribution in [0.3, 0.4) is 0 Å². The van der Waals surface area contributed by atoms with E-state index in [1.807, 2.05) is 6.08 Å². The van der Waals surface area contributed by atoms with Crippen molar-refractivity contribution in [3.63, 3.8) is 0 Å². The van der Waals surface area contributed by atoms with Crippen molar-refractivity contribution in [3.05, 3.63) is 34.8 Å². The molecule has 5 atom stereocenters. The Bertz CT molecular complexity index is 860. The number of rotatable bonds is 16. The van der Waals surface area contributed by atoms with Crippen LogP contribution in [0.15, 0.2) is 34.8 Å². The number of hydrogen-bond acceptors (Lipinski definition) is 4. The molecule has 1 spiro atoms. The molecule has 1 N–H and O–H groups in total. The number of aliphatic hydroxyl groups is 1. The minimum Gasteiger partial charge on any atom is -0.494 e. The van der Waals surface area contributed by atoms with E-state index < -0.39 is 6.10 Å². The quantitative estimate of drug-likeness (QED) is 0.169. The molecule has 4 heteroatoms. The molecule has 0 aromatic carbocycles. The second-order valence-electron chi connectivity index (χ2n) is 12.7. The predicted octanol–water partition coefficient (Wildman–Crippen LogP) is 7.83. The van der Waals surface area contributed by atoms with Crippen molar-refractivity contribution < 1.29 is 14.6 Å². The van der Waals surface area contributed by atoms with Crippen molar-refractivity contribution in [1.82, 2.24) is 4.90 Å². The summed E-state index contributed by atoms with van der Waals surface area (Å²) in [5.74, 6) is 2.54. The number of piperidine rings is 1. The number of ether oxygens (including phenoxy) is 2. The van der Waals surface area contributed by atoms with Crippen molar-refractivity contribution >= 4 is 0 Å². The molecule has 0 amide bonds. The van der Waals surface area contributed by atoms with Crippen LogP contribution in [0, 0.1) is 11.3 Å². The van der Waals surface area contributed by atoms with Crippen molar-refractivity contribution in [3.8, 4) is 0 Å². The van der Waals surface area contributed by atoms with Gasteiger partial charge in [-0.25, -0.2) is 0 Å². The second-order valence-corrected chi connectivity index (χ2v) is 12.7. The highest BCUT2D eigenvalue weighted by Crippen LogP contribution is 2.65. The van der Waals surface area contributed by atoms with Crippen LogP contribution < -0.4 is 0 Å². The van der Waals surface area contributed by atoms with Gasteiger partial charge in [0.05, 0.1) is 6.61 Å². The third-order valence-electron chi connectivity index (χ3n) is 10.2. The minimum absolute atomic E-state index is 0.0433. The largest absolute Gasteiger partial charge is 0.494 e. The Labute approximate surface area is 226 Å².